The molecule has 37 heavy (non-hydrogen) atoms. The topological polar surface area (TPSA) is 117 Å². The lowest BCUT2D eigenvalue weighted by atomic mass is 10.1. The van der Waals surface area contributed by atoms with E-state index >= 15 is 0 Å². The highest BCUT2D eigenvalue weighted by Gasteiger charge is 2.15. The first-order valence-corrected chi connectivity index (χ1v) is 11.6. The highest BCUT2D eigenvalue weighted by molar-refractivity contribution is 5.97. The molecule has 1 amide bonds. The molecule has 0 saturated carbocycles. The smallest absolute Gasteiger partial charge is 0.349 e. The van der Waals surface area contributed by atoms with Crippen molar-refractivity contribution in [2.45, 2.75) is 19.9 Å². The average molecular weight is 504 g/mol. The van der Waals surface area contributed by atoms with Crippen LogP contribution in [-0.4, -0.2) is 25.6 Å². The number of hydrogen-bond donors (Lipinski definition) is 1. The van der Waals surface area contributed by atoms with Crippen LogP contribution in [0.25, 0.3) is 17.0 Å². The van der Waals surface area contributed by atoms with Gasteiger partial charge in [0.15, 0.2) is 11.5 Å². The maximum Gasteiger partial charge on any atom is 0.349 e. The molecule has 4 rings (SSSR count). The Labute approximate surface area is 212 Å². The number of esters is 1. The number of ether oxygens (including phenoxy) is 3. The predicted octanol–water partition coefficient (Wildman–Crippen LogP) is 4.73. The fourth-order valence-electron chi connectivity index (χ4n) is 3.42. The van der Waals surface area contributed by atoms with Crippen LogP contribution in [0.2, 0.25) is 0 Å². The van der Waals surface area contributed by atoms with Gasteiger partial charge in [-0.15, -0.1) is 0 Å². The van der Waals surface area contributed by atoms with Gasteiger partial charge >= 0.3 is 11.6 Å². The van der Waals surface area contributed by atoms with Gasteiger partial charge in [0.25, 0.3) is 5.91 Å². The first kappa shape index (κ1) is 25.3. The van der Waals surface area contributed by atoms with Gasteiger partial charge < -0.3 is 28.4 Å². The van der Waals surface area contributed by atoms with E-state index in [-0.39, 0.29) is 23.4 Å². The largest absolute Gasteiger partial charge is 0.493 e. The molecule has 2 heterocycles. The van der Waals surface area contributed by atoms with Crippen LogP contribution in [0.4, 0.5) is 0 Å². The highest BCUT2D eigenvalue weighted by atomic mass is 16.5. The van der Waals surface area contributed by atoms with E-state index in [1.165, 1.54) is 24.5 Å². The summed E-state index contributed by atoms with van der Waals surface area (Å²) in [7, 11) is 1.55. The molecule has 0 aliphatic carbocycles. The molecule has 1 N–H and O–H groups in total. The zero-order valence-electron chi connectivity index (χ0n) is 20.3. The summed E-state index contributed by atoms with van der Waals surface area (Å²) in [6.07, 6.45) is 5.22. The Kier molecular flexibility index (Phi) is 8.05. The van der Waals surface area contributed by atoms with Crippen LogP contribution in [0, 0.1) is 0 Å². The monoisotopic (exact) mass is 503 g/mol. The average Bonchev–Trinajstić information content (AvgIpc) is 3.43. The van der Waals surface area contributed by atoms with Crippen molar-refractivity contribution in [3.63, 3.8) is 0 Å². The molecule has 0 fully saturated rings. The Bertz CT molecular complexity index is 1480. The van der Waals surface area contributed by atoms with Crippen molar-refractivity contribution in [3.8, 4) is 17.2 Å². The first-order valence-electron chi connectivity index (χ1n) is 11.6. The minimum atomic E-state index is -0.812. The summed E-state index contributed by atoms with van der Waals surface area (Å²) in [5.74, 6) is 0.704. The number of benzene rings is 2. The van der Waals surface area contributed by atoms with E-state index in [2.05, 4.69) is 5.32 Å². The Morgan fingerprint density at radius 3 is 2.68 bits per heavy atom. The number of rotatable bonds is 10. The molecule has 0 aliphatic rings. The molecule has 4 aromatic rings. The molecule has 0 unspecified atom stereocenters. The summed E-state index contributed by atoms with van der Waals surface area (Å²) in [5, 5.41) is 3.10. The molecule has 0 aliphatic heterocycles. The van der Waals surface area contributed by atoms with Crippen molar-refractivity contribution >= 4 is 28.9 Å². The van der Waals surface area contributed by atoms with E-state index in [4.69, 9.17) is 23.0 Å². The van der Waals surface area contributed by atoms with Gasteiger partial charge in [-0.05, 0) is 60.5 Å². The fraction of sp³-hybridized carbons (Fsp3) is 0.179. The van der Waals surface area contributed by atoms with E-state index < -0.39 is 17.5 Å². The molecule has 9 heteroatoms. The third-order valence-corrected chi connectivity index (χ3v) is 5.24. The zero-order chi connectivity index (χ0) is 26.2. The number of carbonyl (C=O) groups is 2. The minimum absolute atomic E-state index is 0.134. The van der Waals surface area contributed by atoms with Gasteiger partial charge in [-0.3, -0.25) is 4.79 Å². The summed E-state index contributed by atoms with van der Waals surface area (Å²) in [6.45, 7) is 2.72. The Morgan fingerprint density at radius 1 is 1.05 bits per heavy atom. The maximum absolute atomic E-state index is 12.4. The molecule has 190 valence electrons. The second kappa shape index (κ2) is 11.8. The summed E-state index contributed by atoms with van der Waals surface area (Å²) < 4.78 is 26.8. The van der Waals surface area contributed by atoms with Crippen LogP contribution >= 0.6 is 0 Å². The van der Waals surface area contributed by atoms with Crippen molar-refractivity contribution in [2.75, 3.05) is 13.7 Å². The molecule has 0 atom stereocenters. The molecule has 2 aromatic carbocycles. The second-order valence-corrected chi connectivity index (χ2v) is 7.92. The SMILES string of the molecule is CCCOc1ccc(/C=C/C(=O)Oc2ccc3cc(C(=O)NCc4ccco4)c(=O)oc3c2)cc1OC. The molecule has 0 bridgehead atoms. The number of methoxy groups -OCH3 is 1. The molecule has 0 spiro atoms. The molecule has 2 aromatic heterocycles. The highest BCUT2D eigenvalue weighted by Crippen LogP contribution is 2.29. The van der Waals surface area contributed by atoms with Crippen molar-refractivity contribution in [1.29, 1.82) is 0 Å². The van der Waals surface area contributed by atoms with E-state index in [0.29, 0.717) is 29.3 Å². The van der Waals surface area contributed by atoms with Crippen LogP contribution in [-0.2, 0) is 11.3 Å². The molecular formula is C28H25NO8. The van der Waals surface area contributed by atoms with Gasteiger partial charge in [0.05, 0.1) is 26.5 Å². The van der Waals surface area contributed by atoms with Gasteiger partial charge in [-0.2, -0.15) is 0 Å². The first-order chi connectivity index (χ1) is 18.0. The number of hydrogen-bond acceptors (Lipinski definition) is 8. The second-order valence-electron chi connectivity index (χ2n) is 7.92. The van der Waals surface area contributed by atoms with Gasteiger partial charge in [0.2, 0.25) is 0 Å². The van der Waals surface area contributed by atoms with Gasteiger partial charge in [0.1, 0.15) is 22.7 Å². The minimum Gasteiger partial charge on any atom is -0.493 e. The lowest BCUT2D eigenvalue weighted by Gasteiger charge is -2.10. The van der Waals surface area contributed by atoms with E-state index in [0.717, 1.165) is 12.0 Å². The van der Waals surface area contributed by atoms with E-state index in [1.54, 1.807) is 55.7 Å². The van der Waals surface area contributed by atoms with Crippen LogP contribution < -0.4 is 25.2 Å². The van der Waals surface area contributed by atoms with Crippen molar-refractivity contribution in [3.05, 3.63) is 94.2 Å². The molecule has 0 saturated heterocycles. The Morgan fingerprint density at radius 2 is 1.92 bits per heavy atom. The summed E-state index contributed by atoms with van der Waals surface area (Å²) in [5.41, 5.74) is -0.0596. The summed E-state index contributed by atoms with van der Waals surface area (Å²) in [4.78, 5) is 37.1. The van der Waals surface area contributed by atoms with Crippen molar-refractivity contribution in [2.24, 2.45) is 0 Å². The van der Waals surface area contributed by atoms with Gasteiger partial charge in [0, 0.05) is 17.5 Å². The Hall–Kier alpha value is -4.79. The number of amides is 1. The van der Waals surface area contributed by atoms with Crippen LogP contribution in [0.1, 0.15) is 35.0 Å². The zero-order valence-corrected chi connectivity index (χ0v) is 20.3. The third-order valence-electron chi connectivity index (χ3n) is 5.24. The van der Waals surface area contributed by atoms with Crippen LogP contribution in [0.15, 0.2) is 80.6 Å². The maximum atomic E-state index is 12.4. The van der Waals surface area contributed by atoms with Gasteiger partial charge in [-0.1, -0.05) is 13.0 Å². The summed E-state index contributed by atoms with van der Waals surface area (Å²) >= 11 is 0. The molecule has 0 radical (unpaired) electrons. The number of carbonyl (C=O) groups excluding carboxylic acids is 2. The van der Waals surface area contributed by atoms with E-state index in [1.807, 2.05) is 6.92 Å². The van der Waals surface area contributed by atoms with Gasteiger partial charge in [-0.25, -0.2) is 9.59 Å². The molecular weight excluding hydrogens is 478 g/mol. The van der Waals surface area contributed by atoms with E-state index in [9.17, 15) is 14.4 Å². The standard InChI is InChI=1S/C28H25NO8/c1-3-12-35-23-10-6-18(14-25(23)33-2)7-11-26(30)36-20-9-8-19-15-22(28(32)37-24(19)16-20)27(31)29-17-21-5-4-13-34-21/h4-11,13-16H,3,12,17H2,1-2H3,(H,29,31)/b11-7+. The van der Waals surface area contributed by atoms with Crippen molar-refractivity contribution in [1.82, 2.24) is 5.32 Å². The number of fused-ring (bicyclic) bond motifs is 1. The number of nitrogens with one attached hydrogen (secondary N) is 1. The number of furan rings is 1. The predicted molar refractivity (Wildman–Crippen MR) is 136 cm³/mol. The molecule has 9 nitrogen and oxygen atoms in total. The Balaban J connectivity index is 1.42. The lowest BCUT2D eigenvalue weighted by Crippen LogP contribution is -2.27. The van der Waals surface area contributed by atoms with Crippen LogP contribution in [0.3, 0.4) is 0 Å². The quantitative estimate of drug-likeness (QED) is 0.143. The normalized spacial score (nSPS) is 11.0. The lowest BCUT2D eigenvalue weighted by molar-refractivity contribution is -0.128. The van der Waals surface area contributed by atoms with Crippen molar-refractivity contribution < 1.29 is 32.6 Å². The fourth-order valence-corrected chi connectivity index (χ4v) is 3.42. The third kappa shape index (κ3) is 6.46. The van der Waals surface area contributed by atoms with Crippen LogP contribution in [0.5, 0.6) is 17.2 Å². The summed E-state index contributed by atoms with van der Waals surface area (Å²) in [6, 6.07) is 14.7.